The van der Waals surface area contributed by atoms with Gasteiger partial charge in [-0.1, -0.05) is 12.1 Å². The Morgan fingerprint density at radius 3 is 2.72 bits per heavy atom. The van der Waals surface area contributed by atoms with E-state index < -0.39 is 5.56 Å². The van der Waals surface area contributed by atoms with Gasteiger partial charge in [0.1, 0.15) is 0 Å². The van der Waals surface area contributed by atoms with Crippen LogP contribution in [0, 0.1) is 5.21 Å². The normalized spacial score (nSPS) is 10.9. The summed E-state index contributed by atoms with van der Waals surface area (Å²) >= 11 is 0. The van der Waals surface area contributed by atoms with Crippen LogP contribution in [0.25, 0.3) is 22.5 Å². The minimum Gasteiger partial charge on any atom is -0.618 e. The first-order valence-electron chi connectivity index (χ1n) is 5.20. The quantitative estimate of drug-likeness (QED) is 0.395. The van der Waals surface area contributed by atoms with Gasteiger partial charge in [-0.05, 0) is 18.2 Å². The van der Waals surface area contributed by atoms with E-state index in [9.17, 15) is 15.2 Å². The summed E-state index contributed by atoms with van der Waals surface area (Å²) in [6.07, 6.45) is 1.35. The van der Waals surface area contributed by atoms with E-state index >= 15 is 0 Å². The van der Waals surface area contributed by atoms with Gasteiger partial charge in [0.15, 0.2) is 5.52 Å². The Labute approximate surface area is 100 Å². The maximum Gasteiger partial charge on any atom is 0.360 e. The zero-order chi connectivity index (χ0) is 12.7. The monoisotopic (exact) mass is 244 g/mol. The second-order valence-electron chi connectivity index (χ2n) is 3.73. The van der Waals surface area contributed by atoms with Crippen molar-refractivity contribution < 1.29 is 14.4 Å². The van der Waals surface area contributed by atoms with Gasteiger partial charge in [0.05, 0.1) is 6.26 Å². The van der Waals surface area contributed by atoms with Crippen molar-refractivity contribution in [2.45, 2.75) is 0 Å². The molecular formula is C12H8N2O4. The maximum absolute atomic E-state index is 12.1. The van der Waals surface area contributed by atoms with Crippen molar-refractivity contribution in [2.75, 3.05) is 0 Å². The lowest BCUT2D eigenvalue weighted by atomic mass is 10.2. The summed E-state index contributed by atoms with van der Waals surface area (Å²) < 4.78 is 5.95. The summed E-state index contributed by atoms with van der Waals surface area (Å²) in [7, 11) is 0. The number of nitrogens with zero attached hydrogens (tertiary/aromatic N) is 2. The van der Waals surface area contributed by atoms with Gasteiger partial charge in [-0.25, -0.2) is 0 Å². The summed E-state index contributed by atoms with van der Waals surface area (Å²) in [4.78, 5) is 11.9. The molecule has 18 heavy (non-hydrogen) atoms. The van der Waals surface area contributed by atoms with Crippen LogP contribution in [-0.2, 0) is 0 Å². The van der Waals surface area contributed by atoms with Crippen LogP contribution >= 0.6 is 0 Å². The molecule has 6 heteroatoms. The molecule has 0 bridgehead atoms. The molecule has 0 amide bonds. The van der Waals surface area contributed by atoms with Crippen molar-refractivity contribution in [1.82, 2.24) is 4.73 Å². The second kappa shape index (κ2) is 3.63. The standard InChI is InChI=1S/C12H8N2O4/c15-12-11(10-6-3-7-18-10)13(16)8-4-1-2-5-9(8)14(12)17/h1-7,17H. The molecule has 2 heterocycles. The average Bonchev–Trinajstić information content (AvgIpc) is 2.90. The zero-order valence-corrected chi connectivity index (χ0v) is 9.11. The Hall–Kier alpha value is -2.76. The highest BCUT2D eigenvalue weighted by Gasteiger charge is 2.23. The number of furan rings is 1. The molecule has 2 aromatic heterocycles. The van der Waals surface area contributed by atoms with E-state index in [1.165, 1.54) is 24.5 Å². The van der Waals surface area contributed by atoms with Crippen LogP contribution in [0.5, 0.6) is 0 Å². The highest BCUT2D eigenvalue weighted by Crippen LogP contribution is 2.15. The van der Waals surface area contributed by atoms with Crippen molar-refractivity contribution in [3.8, 4) is 11.5 Å². The third kappa shape index (κ3) is 1.29. The van der Waals surface area contributed by atoms with Crippen molar-refractivity contribution in [3.63, 3.8) is 0 Å². The Bertz CT molecular complexity index is 775. The molecule has 0 unspecified atom stereocenters. The smallest absolute Gasteiger partial charge is 0.360 e. The molecule has 1 aromatic carbocycles. The second-order valence-corrected chi connectivity index (χ2v) is 3.73. The first kappa shape index (κ1) is 10.4. The van der Waals surface area contributed by atoms with E-state index in [4.69, 9.17) is 4.42 Å². The van der Waals surface area contributed by atoms with Gasteiger partial charge in [-0.2, -0.15) is 4.73 Å². The Balaban J connectivity index is 2.51. The minimum atomic E-state index is -0.821. The molecule has 3 rings (SSSR count). The Morgan fingerprint density at radius 1 is 1.22 bits per heavy atom. The predicted octanol–water partition coefficient (Wildman–Crippen LogP) is 1.13. The van der Waals surface area contributed by atoms with Crippen LogP contribution in [0.1, 0.15) is 0 Å². The maximum atomic E-state index is 12.1. The lowest BCUT2D eigenvalue weighted by Gasteiger charge is -2.07. The summed E-state index contributed by atoms with van der Waals surface area (Å²) in [5, 5.41) is 21.9. The lowest BCUT2D eigenvalue weighted by Crippen LogP contribution is -2.40. The number of hydrogen-bond acceptors (Lipinski definition) is 4. The van der Waals surface area contributed by atoms with Crippen LogP contribution in [0.2, 0.25) is 0 Å². The summed E-state index contributed by atoms with van der Waals surface area (Å²) in [5.74, 6) is 0.114. The molecule has 0 aliphatic heterocycles. The van der Waals surface area contributed by atoms with Crippen LogP contribution < -0.4 is 10.3 Å². The van der Waals surface area contributed by atoms with Crippen molar-refractivity contribution in [2.24, 2.45) is 0 Å². The van der Waals surface area contributed by atoms with Crippen LogP contribution in [0.15, 0.2) is 51.9 Å². The molecule has 90 valence electrons. The number of benzene rings is 1. The first-order valence-corrected chi connectivity index (χ1v) is 5.20. The number of para-hydroxylation sites is 2. The van der Waals surface area contributed by atoms with E-state index in [2.05, 4.69) is 0 Å². The third-order valence-corrected chi connectivity index (χ3v) is 2.68. The molecular weight excluding hydrogens is 236 g/mol. The molecule has 0 saturated carbocycles. The van der Waals surface area contributed by atoms with E-state index in [-0.39, 0.29) is 22.5 Å². The first-order chi connectivity index (χ1) is 8.70. The molecule has 6 nitrogen and oxygen atoms in total. The van der Waals surface area contributed by atoms with E-state index in [0.717, 1.165) is 0 Å². The lowest BCUT2D eigenvalue weighted by molar-refractivity contribution is -0.567. The number of aromatic nitrogens is 2. The molecule has 1 N–H and O–H groups in total. The van der Waals surface area contributed by atoms with Crippen LogP contribution in [0.3, 0.4) is 0 Å². The van der Waals surface area contributed by atoms with Crippen molar-refractivity contribution in [1.29, 1.82) is 0 Å². The number of rotatable bonds is 1. The molecule has 0 radical (unpaired) electrons. The van der Waals surface area contributed by atoms with Gasteiger partial charge in [0.25, 0.3) is 0 Å². The summed E-state index contributed by atoms with van der Waals surface area (Å²) in [6, 6.07) is 9.32. The van der Waals surface area contributed by atoms with E-state index in [1.54, 1.807) is 18.2 Å². The van der Waals surface area contributed by atoms with Crippen LogP contribution in [-0.4, -0.2) is 9.94 Å². The molecule has 0 aliphatic rings. The molecule has 0 spiro atoms. The number of hydrogen-bond donors (Lipinski definition) is 1. The van der Waals surface area contributed by atoms with E-state index in [1.807, 2.05) is 0 Å². The fourth-order valence-electron chi connectivity index (χ4n) is 1.85. The number of fused-ring (bicyclic) bond motifs is 1. The van der Waals surface area contributed by atoms with Gasteiger partial charge >= 0.3 is 11.3 Å². The molecule has 0 fully saturated rings. The molecule has 0 atom stereocenters. The third-order valence-electron chi connectivity index (χ3n) is 2.68. The summed E-state index contributed by atoms with van der Waals surface area (Å²) in [6.45, 7) is 0. The predicted molar refractivity (Wildman–Crippen MR) is 62.1 cm³/mol. The van der Waals surface area contributed by atoms with Gasteiger partial charge in [-0.3, -0.25) is 4.79 Å². The molecule has 3 aromatic rings. The fourth-order valence-corrected chi connectivity index (χ4v) is 1.85. The Kier molecular flexibility index (Phi) is 2.09. The molecule has 0 saturated heterocycles. The zero-order valence-electron chi connectivity index (χ0n) is 9.11. The van der Waals surface area contributed by atoms with E-state index in [0.29, 0.717) is 9.46 Å². The summed E-state index contributed by atoms with van der Waals surface area (Å²) in [5.41, 5.74) is -0.737. The SMILES string of the molecule is O=c1c(-c2ccco2)[n+]([O-])c2ccccc2n1O. The minimum absolute atomic E-state index is 0.114. The fraction of sp³-hybridized carbons (Fsp3) is 0. The van der Waals surface area contributed by atoms with Gasteiger partial charge in [0, 0.05) is 6.07 Å². The van der Waals surface area contributed by atoms with Gasteiger partial charge in [-0.15, -0.1) is 4.73 Å². The Morgan fingerprint density at radius 2 is 2.00 bits per heavy atom. The molecule has 0 aliphatic carbocycles. The van der Waals surface area contributed by atoms with Crippen LogP contribution in [0.4, 0.5) is 0 Å². The largest absolute Gasteiger partial charge is 0.618 e. The van der Waals surface area contributed by atoms with Crippen molar-refractivity contribution >= 4 is 11.0 Å². The highest BCUT2D eigenvalue weighted by atomic mass is 16.5. The van der Waals surface area contributed by atoms with Crippen molar-refractivity contribution in [3.05, 3.63) is 58.2 Å². The average molecular weight is 244 g/mol. The van der Waals surface area contributed by atoms with Gasteiger partial charge in [0.2, 0.25) is 11.3 Å². The topological polar surface area (TPSA) is 82.3 Å². The highest BCUT2D eigenvalue weighted by molar-refractivity contribution is 5.72. The van der Waals surface area contributed by atoms with Gasteiger partial charge < -0.3 is 14.8 Å².